The van der Waals surface area contributed by atoms with E-state index in [1.165, 1.54) is 6.92 Å². The summed E-state index contributed by atoms with van der Waals surface area (Å²) in [6.45, 7) is 3.34. The van der Waals surface area contributed by atoms with Crippen LogP contribution >= 0.6 is 0 Å². The van der Waals surface area contributed by atoms with E-state index in [0.717, 1.165) is 6.42 Å². The van der Waals surface area contributed by atoms with Crippen molar-refractivity contribution in [2.45, 2.75) is 32.9 Å². The van der Waals surface area contributed by atoms with Gasteiger partial charge in [0.25, 0.3) is 0 Å². The van der Waals surface area contributed by atoms with E-state index in [0.29, 0.717) is 6.42 Å². The van der Waals surface area contributed by atoms with Crippen molar-refractivity contribution in [2.24, 2.45) is 5.73 Å². The number of aliphatic hydroxyl groups is 1. The third-order valence-electron chi connectivity index (χ3n) is 0.464. The molecule has 0 aromatic carbocycles. The molecule has 0 aromatic rings. The first kappa shape index (κ1) is 17.7. The van der Waals surface area contributed by atoms with Crippen LogP contribution in [0.2, 0.25) is 0 Å². The van der Waals surface area contributed by atoms with Gasteiger partial charge in [-0.2, -0.15) is 0 Å². The predicted molar refractivity (Wildman–Crippen MR) is 46.4 cm³/mol. The van der Waals surface area contributed by atoms with Crippen molar-refractivity contribution in [2.75, 3.05) is 0 Å². The van der Waals surface area contributed by atoms with E-state index in [9.17, 15) is 4.79 Å². The van der Waals surface area contributed by atoms with Crippen LogP contribution in [-0.4, -0.2) is 60.1 Å². The summed E-state index contributed by atoms with van der Waals surface area (Å²) in [6, 6.07) is 0. The number of aliphatic hydroxyl groups excluding tert-OH is 1. The van der Waals surface area contributed by atoms with Gasteiger partial charge in [0.1, 0.15) is 0 Å². The fourth-order valence-electron chi connectivity index (χ4n) is 0.214. The number of aliphatic carboxylic acids is 1. The van der Waals surface area contributed by atoms with Gasteiger partial charge in [-0.3, -0.25) is 4.79 Å². The Labute approximate surface area is 99.7 Å². The first-order valence-corrected chi connectivity index (χ1v) is 3.16. The Morgan fingerprint density at radius 2 is 2.00 bits per heavy atom. The van der Waals surface area contributed by atoms with Crippen LogP contribution in [-0.2, 0) is 4.79 Å². The van der Waals surface area contributed by atoms with E-state index in [-0.39, 0.29) is 40.6 Å². The molecular weight excluding hydrogens is 174 g/mol. The zero-order valence-corrected chi connectivity index (χ0v) is 9.29. The minimum absolute atomic E-state index is 0. The van der Waals surface area contributed by atoms with Crippen molar-refractivity contribution in [3.8, 4) is 0 Å². The van der Waals surface area contributed by atoms with Crippen LogP contribution in [0.15, 0.2) is 0 Å². The van der Waals surface area contributed by atoms with Crippen molar-refractivity contribution in [1.82, 2.24) is 0 Å². The zero-order chi connectivity index (χ0) is 8.57. The molecular formula is C6H17CaNO3. The Morgan fingerprint density at radius 1 is 1.73 bits per heavy atom. The number of nitrogens with two attached hydrogens (primary N) is 1. The first-order chi connectivity index (χ1) is 4.50. The minimum Gasteiger partial charge on any atom is -1.00 e. The molecule has 4 nitrogen and oxygen atoms in total. The van der Waals surface area contributed by atoms with Gasteiger partial charge in [0.2, 0.25) is 0 Å². The van der Waals surface area contributed by atoms with Crippen molar-refractivity contribution in [1.29, 1.82) is 0 Å². The maximum absolute atomic E-state index is 9.60. The molecule has 0 radical (unpaired) electrons. The van der Waals surface area contributed by atoms with Gasteiger partial charge < -0.3 is 18.8 Å². The summed E-state index contributed by atoms with van der Waals surface area (Å²) in [5.41, 5.74) is 4.67. The molecule has 0 heterocycles. The van der Waals surface area contributed by atoms with E-state index in [1.54, 1.807) is 0 Å². The molecule has 0 bridgehead atoms. The van der Waals surface area contributed by atoms with E-state index in [2.05, 4.69) is 5.73 Å². The summed E-state index contributed by atoms with van der Waals surface area (Å²) in [4.78, 5) is 9.60. The summed E-state index contributed by atoms with van der Waals surface area (Å²) >= 11 is 0. The van der Waals surface area contributed by atoms with Crippen LogP contribution in [0.3, 0.4) is 0 Å². The van der Waals surface area contributed by atoms with Gasteiger partial charge in [-0.1, -0.05) is 6.92 Å². The van der Waals surface area contributed by atoms with Gasteiger partial charge in [0, 0.05) is 6.42 Å². The normalized spacial score (nSPS) is 10.2. The smallest absolute Gasteiger partial charge is 1.00 e. The van der Waals surface area contributed by atoms with Gasteiger partial charge >= 0.3 is 43.7 Å². The average Bonchev–Trinajstić information content (AvgIpc) is 1.62. The van der Waals surface area contributed by atoms with Gasteiger partial charge in [0.05, 0.1) is 6.23 Å². The molecule has 1 unspecified atom stereocenters. The van der Waals surface area contributed by atoms with E-state index in [4.69, 9.17) is 10.2 Å². The number of rotatable bonds is 2. The van der Waals surface area contributed by atoms with Crippen LogP contribution < -0.4 is 5.73 Å². The van der Waals surface area contributed by atoms with Crippen molar-refractivity contribution in [3.05, 3.63) is 0 Å². The van der Waals surface area contributed by atoms with E-state index >= 15 is 0 Å². The molecule has 0 aliphatic carbocycles. The molecule has 5 heteroatoms. The fourth-order valence-corrected chi connectivity index (χ4v) is 0.214. The van der Waals surface area contributed by atoms with Crippen molar-refractivity contribution in [3.63, 3.8) is 0 Å². The molecule has 0 aliphatic rings. The molecule has 4 N–H and O–H groups in total. The molecule has 0 rings (SSSR count). The van der Waals surface area contributed by atoms with Crippen LogP contribution in [0.4, 0.5) is 0 Å². The quantitative estimate of drug-likeness (QED) is 0.424. The summed E-state index contributed by atoms with van der Waals surface area (Å²) in [6.07, 6.45) is 0.356. The first-order valence-electron chi connectivity index (χ1n) is 3.16. The Kier molecular flexibility index (Phi) is 21.3. The van der Waals surface area contributed by atoms with Gasteiger partial charge in [0.15, 0.2) is 0 Å². The zero-order valence-electron chi connectivity index (χ0n) is 9.08. The maximum atomic E-state index is 9.60. The largest absolute Gasteiger partial charge is 2.00 e. The number of carbonyl (C=O) groups is 1. The summed E-state index contributed by atoms with van der Waals surface area (Å²) < 4.78 is 0. The third-order valence-corrected chi connectivity index (χ3v) is 0.464. The molecule has 1 atom stereocenters. The molecule has 66 valence electrons. The Bertz CT molecular complexity index is 93.2. The molecule has 0 aromatic heterocycles. The topological polar surface area (TPSA) is 83.5 Å². The van der Waals surface area contributed by atoms with Crippen LogP contribution in [0, 0.1) is 0 Å². The second kappa shape index (κ2) is 13.3. The van der Waals surface area contributed by atoms with E-state index in [1.807, 2.05) is 6.92 Å². The van der Waals surface area contributed by atoms with Crippen LogP contribution in [0.25, 0.3) is 0 Å². The number of carboxylic acid groups (broad SMARTS) is 1. The monoisotopic (exact) mass is 191 g/mol. The van der Waals surface area contributed by atoms with Gasteiger partial charge in [-0.25, -0.2) is 0 Å². The molecule has 0 aliphatic heterocycles. The Balaban J connectivity index is -0.0000000279. The molecule has 11 heavy (non-hydrogen) atoms. The third kappa shape index (κ3) is 59.8. The fraction of sp³-hybridized carbons (Fsp3) is 0.833. The molecule has 0 spiro atoms. The molecule has 0 fully saturated rings. The number of carboxylic acids is 1. The number of hydrogen-bond donors (Lipinski definition) is 3. The summed E-state index contributed by atoms with van der Waals surface area (Å²) in [5.74, 6) is -0.711. The number of hydrogen-bond acceptors (Lipinski definition) is 3. The van der Waals surface area contributed by atoms with Gasteiger partial charge in [-0.15, -0.1) is 0 Å². The second-order valence-electron chi connectivity index (χ2n) is 1.88. The summed E-state index contributed by atoms with van der Waals surface area (Å²) in [5, 5.41) is 15.7. The molecule has 0 saturated carbocycles. The Hall–Kier alpha value is 0.650. The second-order valence-corrected chi connectivity index (χ2v) is 1.88. The Morgan fingerprint density at radius 3 is 2.00 bits per heavy atom. The standard InChI is InChI=1S/C4H8O2.C2H7NO.Ca.2H/c1-2-3-4(5)6;1-2(3)4;;;/h2-3H2,1H3,(H,5,6);2,4H,3H2,1H3;;;/q;;+2;2*-1. The predicted octanol–water partition coefficient (Wildman–Crippen LogP) is -0.00130. The maximum Gasteiger partial charge on any atom is 2.00 e. The van der Waals surface area contributed by atoms with Gasteiger partial charge in [-0.05, 0) is 13.3 Å². The average molecular weight is 191 g/mol. The van der Waals surface area contributed by atoms with Crippen LogP contribution in [0.1, 0.15) is 29.5 Å². The molecule has 0 amide bonds. The molecule has 0 saturated heterocycles. The summed E-state index contributed by atoms with van der Waals surface area (Å²) in [7, 11) is 0. The minimum atomic E-state index is -0.711. The van der Waals surface area contributed by atoms with Crippen LogP contribution in [0.5, 0.6) is 0 Å². The van der Waals surface area contributed by atoms with Crippen molar-refractivity contribution < 1.29 is 17.9 Å². The van der Waals surface area contributed by atoms with Crippen molar-refractivity contribution >= 4 is 43.7 Å². The van der Waals surface area contributed by atoms with E-state index < -0.39 is 12.2 Å². The SMILES string of the molecule is CC(N)O.CCCC(=O)O.[Ca+2].[H-].[H-].